The van der Waals surface area contributed by atoms with Crippen LogP contribution in [0.1, 0.15) is 11.1 Å². The molecule has 0 saturated heterocycles. The molecule has 1 nitrogen and oxygen atoms in total. The van der Waals surface area contributed by atoms with E-state index < -0.39 is 0 Å². The van der Waals surface area contributed by atoms with Crippen molar-refractivity contribution in [2.45, 2.75) is 13.0 Å². The lowest BCUT2D eigenvalue weighted by Crippen LogP contribution is -2.17. The van der Waals surface area contributed by atoms with E-state index in [9.17, 15) is 4.39 Å². The lowest BCUT2D eigenvalue weighted by molar-refractivity contribution is 0.619. The fourth-order valence-electron chi connectivity index (χ4n) is 1.89. The fraction of sp³-hybridized carbons (Fsp3) is 0.200. The minimum absolute atomic E-state index is 0.239. The molecule has 2 rings (SSSR count). The van der Waals surface area contributed by atoms with Gasteiger partial charge < -0.3 is 5.32 Å². The van der Waals surface area contributed by atoms with Crippen molar-refractivity contribution in [1.82, 2.24) is 5.32 Å². The number of benzene rings is 2. The van der Waals surface area contributed by atoms with E-state index >= 15 is 0 Å². The maximum absolute atomic E-state index is 13.2. The topological polar surface area (TPSA) is 12.0 Å². The molecular weight excluding hydrogens is 364 g/mol. The quantitative estimate of drug-likeness (QED) is 0.704. The van der Waals surface area contributed by atoms with Crippen molar-refractivity contribution in [3.05, 3.63) is 67.9 Å². The third kappa shape index (κ3) is 4.74. The van der Waals surface area contributed by atoms with Crippen LogP contribution in [0.4, 0.5) is 4.39 Å². The molecule has 0 aromatic heterocycles. The Kier molecular flexibility index (Phi) is 5.85. The maximum Gasteiger partial charge on any atom is 0.124 e. The van der Waals surface area contributed by atoms with Gasteiger partial charge in [0.25, 0.3) is 0 Å². The van der Waals surface area contributed by atoms with Crippen LogP contribution in [0.2, 0.25) is 10.0 Å². The van der Waals surface area contributed by atoms with E-state index in [0.29, 0.717) is 16.6 Å². The second kappa shape index (κ2) is 7.41. The van der Waals surface area contributed by atoms with Gasteiger partial charge in [-0.3, -0.25) is 0 Å². The van der Waals surface area contributed by atoms with Crippen molar-refractivity contribution in [2.24, 2.45) is 0 Å². The zero-order valence-electron chi connectivity index (χ0n) is 10.6. The van der Waals surface area contributed by atoms with Crippen molar-refractivity contribution in [1.29, 1.82) is 0 Å². The van der Waals surface area contributed by atoms with Gasteiger partial charge in [0.1, 0.15) is 5.82 Å². The van der Waals surface area contributed by atoms with Crippen LogP contribution >= 0.6 is 39.1 Å². The zero-order chi connectivity index (χ0) is 14.5. The van der Waals surface area contributed by atoms with Crippen molar-refractivity contribution in [2.75, 3.05) is 6.54 Å². The molecule has 0 saturated carbocycles. The first-order valence-corrected chi connectivity index (χ1v) is 7.69. The van der Waals surface area contributed by atoms with Crippen molar-refractivity contribution >= 4 is 39.1 Å². The summed E-state index contributed by atoms with van der Waals surface area (Å²) in [5, 5.41) is 4.58. The Balaban J connectivity index is 1.84. The molecule has 0 aliphatic heterocycles. The van der Waals surface area contributed by atoms with Crippen LogP contribution in [0.25, 0.3) is 0 Å². The molecule has 0 bridgehead atoms. The highest BCUT2D eigenvalue weighted by Gasteiger charge is 2.02. The lowest BCUT2D eigenvalue weighted by Gasteiger charge is -2.07. The van der Waals surface area contributed by atoms with E-state index in [1.165, 1.54) is 12.1 Å². The molecule has 0 spiro atoms. The molecule has 20 heavy (non-hydrogen) atoms. The molecule has 106 valence electrons. The van der Waals surface area contributed by atoms with E-state index in [-0.39, 0.29) is 5.82 Å². The summed E-state index contributed by atoms with van der Waals surface area (Å²) in [5.74, 6) is -0.239. The molecule has 2 aromatic rings. The molecule has 1 N–H and O–H groups in total. The largest absolute Gasteiger partial charge is 0.312 e. The van der Waals surface area contributed by atoms with Gasteiger partial charge in [0.15, 0.2) is 0 Å². The van der Waals surface area contributed by atoms with Crippen LogP contribution < -0.4 is 5.32 Å². The molecule has 5 heteroatoms. The molecule has 0 unspecified atom stereocenters. The molecular formula is C15H13BrCl2FN. The van der Waals surface area contributed by atoms with E-state index in [1.54, 1.807) is 6.07 Å². The van der Waals surface area contributed by atoms with Crippen LogP contribution in [-0.2, 0) is 13.0 Å². The second-order valence-corrected chi connectivity index (χ2v) is 6.20. The summed E-state index contributed by atoms with van der Waals surface area (Å²) in [4.78, 5) is 0. The predicted molar refractivity (Wildman–Crippen MR) is 86.0 cm³/mol. The molecule has 0 aliphatic carbocycles. The van der Waals surface area contributed by atoms with Gasteiger partial charge in [-0.25, -0.2) is 4.39 Å². The third-order valence-electron chi connectivity index (χ3n) is 2.84. The zero-order valence-corrected chi connectivity index (χ0v) is 13.7. The number of halogens is 4. The summed E-state index contributed by atoms with van der Waals surface area (Å²) in [5.41, 5.74) is 1.95. The SMILES string of the molecule is Fc1cc(Br)cc(CNCCc2ccc(Cl)cc2Cl)c1. The van der Waals surface area contributed by atoms with Crippen molar-refractivity contribution in [3.63, 3.8) is 0 Å². The van der Waals surface area contributed by atoms with Gasteiger partial charge in [-0.2, -0.15) is 0 Å². The van der Waals surface area contributed by atoms with Crippen molar-refractivity contribution in [3.8, 4) is 0 Å². The Morgan fingerprint density at radius 2 is 1.90 bits per heavy atom. The number of rotatable bonds is 5. The molecule has 0 heterocycles. The van der Waals surface area contributed by atoms with E-state index in [2.05, 4.69) is 21.2 Å². The summed E-state index contributed by atoms with van der Waals surface area (Å²) in [6.45, 7) is 1.37. The Hall–Kier alpha value is -0.610. The van der Waals surface area contributed by atoms with E-state index in [4.69, 9.17) is 23.2 Å². The van der Waals surface area contributed by atoms with Crippen LogP contribution in [0.5, 0.6) is 0 Å². The monoisotopic (exact) mass is 375 g/mol. The molecule has 0 fully saturated rings. The first-order valence-electron chi connectivity index (χ1n) is 6.14. The first kappa shape index (κ1) is 15.8. The van der Waals surface area contributed by atoms with Gasteiger partial charge in [-0.05, 0) is 54.4 Å². The normalized spacial score (nSPS) is 10.8. The highest BCUT2D eigenvalue weighted by atomic mass is 79.9. The highest BCUT2D eigenvalue weighted by Crippen LogP contribution is 2.21. The Morgan fingerprint density at radius 3 is 2.60 bits per heavy atom. The summed E-state index contributed by atoms with van der Waals surface area (Å²) in [6, 6.07) is 10.3. The van der Waals surface area contributed by atoms with Crippen LogP contribution in [0.15, 0.2) is 40.9 Å². The minimum Gasteiger partial charge on any atom is -0.312 e. The predicted octanol–water partition coefficient (Wildman–Crippen LogP) is 5.23. The van der Waals surface area contributed by atoms with Gasteiger partial charge in [-0.15, -0.1) is 0 Å². The average molecular weight is 377 g/mol. The number of hydrogen-bond donors (Lipinski definition) is 1. The molecule has 0 radical (unpaired) electrons. The number of nitrogens with one attached hydrogen (secondary N) is 1. The van der Waals surface area contributed by atoms with Gasteiger partial charge in [-0.1, -0.05) is 45.2 Å². The van der Waals surface area contributed by atoms with Gasteiger partial charge in [0, 0.05) is 21.1 Å². The second-order valence-electron chi connectivity index (χ2n) is 4.44. The molecule has 0 atom stereocenters. The smallest absolute Gasteiger partial charge is 0.124 e. The van der Waals surface area contributed by atoms with Crippen LogP contribution in [0.3, 0.4) is 0 Å². The standard InChI is InChI=1S/C15H13BrCl2FN/c16-12-5-10(6-14(19)7-12)9-20-4-3-11-1-2-13(17)8-15(11)18/h1-2,5-8,20H,3-4,9H2. The minimum atomic E-state index is -0.239. The Bertz CT molecular complexity index is 584. The number of hydrogen-bond acceptors (Lipinski definition) is 1. The van der Waals surface area contributed by atoms with E-state index in [1.807, 2.05) is 18.2 Å². The summed E-state index contributed by atoms with van der Waals surface area (Å²) < 4.78 is 14.0. The van der Waals surface area contributed by atoms with Gasteiger partial charge in [0.05, 0.1) is 0 Å². The fourth-order valence-corrected chi connectivity index (χ4v) is 2.91. The summed E-state index contributed by atoms with van der Waals surface area (Å²) in [7, 11) is 0. The molecule has 2 aromatic carbocycles. The molecule has 0 aliphatic rings. The summed E-state index contributed by atoms with van der Waals surface area (Å²) in [6.07, 6.45) is 0.798. The van der Waals surface area contributed by atoms with E-state index in [0.717, 1.165) is 28.6 Å². The summed E-state index contributed by atoms with van der Waals surface area (Å²) >= 11 is 15.2. The maximum atomic E-state index is 13.2. The Labute approximate surface area is 136 Å². The third-order valence-corrected chi connectivity index (χ3v) is 3.88. The Morgan fingerprint density at radius 1 is 1.10 bits per heavy atom. The first-order chi connectivity index (χ1) is 9.54. The van der Waals surface area contributed by atoms with Crippen molar-refractivity contribution < 1.29 is 4.39 Å². The van der Waals surface area contributed by atoms with Crippen LogP contribution in [-0.4, -0.2) is 6.54 Å². The van der Waals surface area contributed by atoms with Crippen LogP contribution in [0, 0.1) is 5.82 Å². The lowest BCUT2D eigenvalue weighted by atomic mass is 10.1. The van der Waals surface area contributed by atoms with Gasteiger partial charge >= 0.3 is 0 Å². The highest BCUT2D eigenvalue weighted by molar-refractivity contribution is 9.10. The van der Waals surface area contributed by atoms with Gasteiger partial charge in [0.2, 0.25) is 0 Å². The molecule has 0 amide bonds. The average Bonchev–Trinajstić information content (AvgIpc) is 2.35.